The van der Waals surface area contributed by atoms with Crippen molar-refractivity contribution in [2.24, 2.45) is 5.73 Å². The SMILES string of the molecule is Cc1cc2nnc(SC(C)C(N)=O)n2c(C)n1. The molecule has 2 N–H and O–H groups in total. The molecule has 0 bridgehead atoms. The van der Waals surface area contributed by atoms with Crippen LogP contribution in [0.2, 0.25) is 0 Å². The largest absolute Gasteiger partial charge is 0.369 e. The molecule has 0 saturated heterocycles. The van der Waals surface area contributed by atoms with E-state index in [9.17, 15) is 4.79 Å². The number of rotatable bonds is 3. The third-order valence-corrected chi connectivity index (χ3v) is 3.40. The summed E-state index contributed by atoms with van der Waals surface area (Å²) in [7, 11) is 0. The molecule has 17 heavy (non-hydrogen) atoms. The van der Waals surface area contributed by atoms with Gasteiger partial charge < -0.3 is 5.73 Å². The zero-order valence-electron chi connectivity index (χ0n) is 9.84. The maximum atomic E-state index is 11.0. The Kier molecular flexibility index (Phi) is 3.01. The number of carbonyl (C=O) groups excluding carboxylic acids is 1. The molecular weight excluding hydrogens is 238 g/mol. The van der Waals surface area contributed by atoms with Crippen molar-refractivity contribution in [2.75, 3.05) is 0 Å². The minimum atomic E-state index is -0.371. The van der Waals surface area contributed by atoms with Crippen LogP contribution < -0.4 is 5.73 Å². The maximum absolute atomic E-state index is 11.0. The minimum Gasteiger partial charge on any atom is -0.369 e. The first-order valence-corrected chi connectivity index (χ1v) is 6.02. The lowest BCUT2D eigenvalue weighted by atomic mass is 10.4. The van der Waals surface area contributed by atoms with Gasteiger partial charge in [-0.05, 0) is 20.8 Å². The molecule has 1 amide bonds. The Labute approximate surface area is 103 Å². The van der Waals surface area contributed by atoms with E-state index in [-0.39, 0.29) is 11.2 Å². The van der Waals surface area contributed by atoms with Crippen molar-refractivity contribution in [3.05, 3.63) is 17.6 Å². The molecule has 0 aliphatic carbocycles. The van der Waals surface area contributed by atoms with Crippen molar-refractivity contribution in [2.45, 2.75) is 31.2 Å². The summed E-state index contributed by atoms with van der Waals surface area (Å²) in [4.78, 5) is 15.4. The number of aryl methyl sites for hydroxylation is 2. The van der Waals surface area contributed by atoms with Crippen molar-refractivity contribution in [3.8, 4) is 0 Å². The monoisotopic (exact) mass is 251 g/mol. The summed E-state index contributed by atoms with van der Waals surface area (Å²) in [6.45, 7) is 5.52. The Hall–Kier alpha value is -1.63. The van der Waals surface area contributed by atoms with E-state index in [0.29, 0.717) is 5.16 Å². The van der Waals surface area contributed by atoms with Gasteiger partial charge in [0.2, 0.25) is 5.91 Å². The summed E-state index contributed by atoms with van der Waals surface area (Å²) < 4.78 is 1.82. The average Bonchev–Trinajstić information content (AvgIpc) is 2.60. The molecule has 0 aromatic carbocycles. The molecule has 2 aromatic rings. The fraction of sp³-hybridized carbons (Fsp3) is 0.400. The molecule has 0 aliphatic rings. The van der Waals surface area contributed by atoms with Gasteiger partial charge in [0, 0.05) is 11.8 Å². The molecule has 7 heteroatoms. The first-order valence-electron chi connectivity index (χ1n) is 5.14. The van der Waals surface area contributed by atoms with Gasteiger partial charge in [-0.15, -0.1) is 10.2 Å². The average molecular weight is 251 g/mol. The first kappa shape index (κ1) is 11.8. The van der Waals surface area contributed by atoms with Crippen LogP contribution in [0.15, 0.2) is 11.2 Å². The molecule has 1 unspecified atom stereocenters. The van der Waals surface area contributed by atoms with Gasteiger partial charge in [0.05, 0.1) is 5.25 Å². The summed E-state index contributed by atoms with van der Waals surface area (Å²) in [6, 6.07) is 1.85. The fourth-order valence-electron chi connectivity index (χ4n) is 1.50. The topological polar surface area (TPSA) is 86.2 Å². The summed E-state index contributed by atoms with van der Waals surface area (Å²) in [6.07, 6.45) is 0. The molecule has 0 fully saturated rings. The van der Waals surface area contributed by atoms with E-state index in [4.69, 9.17) is 5.73 Å². The summed E-state index contributed by atoms with van der Waals surface area (Å²) >= 11 is 1.28. The van der Waals surface area contributed by atoms with Crippen LogP contribution >= 0.6 is 11.8 Å². The second kappa shape index (κ2) is 4.33. The van der Waals surface area contributed by atoms with Gasteiger partial charge in [0.1, 0.15) is 5.82 Å². The van der Waals surface area contributed by atoms with E-state index in [1.807, 2.05) is 24.3 Å². The van der Waals surface area contributed by atoms with Crippen LogP contribution in [0.1, 0.15) is 18.4 Å². The lowest BCUT2D eigenvalue weighted by Gasteiger charge is -2.06. The van der Waals surface area contributed by atoms with Crippen LogP contribution in [0.3, 0.4) is 0 Å². The minimum absolute atomic E-state index is 0.344. The van der Waals surface area contributed by atoms with Crippen LogP contribution in [0.25, 0.3) is 5.65 Å². The summed E-state index contributed by atoms with van der Waals surface area (Å²) in [5.74, 6) is 0.425. The number of fused-ring (bicyclic) bond motifs is 1. The normalized spacial score (nSPS) is 12.9. The molecule has 2 rings (SSSR count). The Morgan fingerprint density at radius 1 is 1.47 bits per heavy atom. The molecule has 0 radical (unpaired) electrons. The molecule has 90 valence electrons. The lowest BCUT2D eigenvalue weighted by Crippen LogP contribution is -2.22. The third kappa shape index (κ3) is 2.23. The number of amides is 1. The molecule has 1 atom stereocenters. The number of nitrogens with two attached hydrogens (primary N) is 1. The Bertz CT molecular complexity index is 579. The summed E-state index contributed by atoms with van der Waals surface area (Å²) in [5, 5.41) is 8.39. The van der Waals surface area contributed by atoms with Crippen LogP contribution in [0, 0.1) is 13.8 Å². The van der Waals surface area contributed by atoms with E-state index in [0.717, 1.165) is 17.2 Å². The molecule has 0 spiro atoms. The standard InChI is InChI=1S/C10H13N5OS/c1-5-4-8-13-14-10(15(8)7(3)12-5)17-6(2)9(11)16/h4,6H,1-3H3,(H2,11,16). The number of aromatic nitrogens is 4. The Morgan fingerprint density at radius 2 is 2.18 bits per heavy atom. The predicted octanol–water partition coefficient (Wildman–Crippen LogP) is 0.707. The van der Waals surface area contributed by atoms with Crippen molar-refractivity contribution < 1.29 is 4.79 Å². The highest BCUT2D eigenvalue weighted by Gasteiger charge is 2.16. The van der Waals surface area contributed by atoms with Gasteiger partial charge in [-0.25, -0.2) is 4.98 Å². The second-order valence-corrected chi connectivity index (χ2v) is 5.09. The molecule has 2 aromatic heterocycles. The van der Waals surface area contributed by atoms with Crippen LogP contribution in [0.5, 0.6) is 0 Å². The smallest absolute Gasteiger partial charge is 0.230 e. The second-order valence-electron chi connectivity index (χ2n) is 3.78. The summed E-state index contributed by atoms with van der Waals surface area (Å²) in [5.41, 5.74) is 6.85. The molecular formula is C10H13N5OS. The molecule has 0 saturated carbocycles. The van der Waals surface area contributed by atoms with E-state index in [1.54, 1.807) is 6.92 Å². The quantitative estimate of drug-likeness (QED) is 0.812. The maximum Gasteiger partial charge on any atom is 0.230 e. The van der Waals surface area contributed by atoms with Gasteiger partial charge >= 0.3 is 0 Å². The van der Waals surface area contributed by atoms with Crippen LogP contribution in [-0.4, -0.2) is 30.7 Å². The number of thioether (sulfide) groups is 1. The number of primary amides is 1. The van der Waals surface area contributed by atoms with Gasteiger partial charge in [0.15, 0.2) is 10.8 Å². The highest BCUT2D eigenvalue weighted by Crippen LogP contribution is 2.22. The molecule has 2 heterocycles. The van der Waals surface area contributed by atoms with E-state index >= 15 is 0 Å². The van der Waals surface area contributed by atoms with Gasteiger partial charge in [0.25, 0.3) is 0 Å². The van der Waals surface area contributed by atoms with E-state index in [2.05, 4.69) is 15.2 Å². The van der Waals surface area contributed by atoms with Crippen molar-refractivity contribution >= 4 is 23.3 Å². The molecule has 6 nitrogen and oxygen atoms in total. The Balaban J connectivity index is 2.46. The van der Waals surface area contributed by atoms with Crippen LogP contribution in [0.4, 0.5) is 0 Å². The zero-order chi connectivity index (χ0) is 12.6. The Morgan fingerprint density at radius 3 is 2.82 bits per heavy atom. The fourth-order valence-corrected chi connectivity index (χ4v) is 2.35. The van der Waals surface area contributed by atoms with Gasteiger partial charge in [-0.3, -0.25) is 9.20 Å². The van der Waals surface area contributed by atoms with E-state index in [1.165, 1.54) is 11.8 Å². The number of nitrogens with zero attached hydrogens (tertiary/aromatic N) is 4. The van der Waals surface area contributed by atoms with E-state index < -0.39 is 0 Å². The van der Waals surface area contributed by atoms with Gasteiger partial charge in [-0.1, -0.05) is 11.8 Å². The van der Waals surface area contributed by atoms with Crippen molar-refractivity contribution in [3.63, 3.8) is 0 Å². The molecule has 0 aliphatic heterocycles. The van der Waals surface area contributed by atoms with Crippen molar-refractivity contribution in [1.29, 1.82) is 0 Å². The number of hydrogen-bond acceptors (Lipinski definition) is 5. The highest BCUT2D eigenvalue weighted by molar-refractivity contribution is 8.00. The lowest BCUT2D eigenvalue weighted by molar-refractivity contribution is -0.117. The number of carbonyl (C=O) groups is 1. The number of hydrogen-bond donors (Lipinski definition) is 1. The van der Waals surface area contributed by atoms with Crippen LogP contribution in [-0.2, 0) is 4.79 Å². The highest BCUT2D eigenvalue weighted by atomic mass is 32.2. The van der Waals surface area contributed by atoms with Crippen molar-refractivity contribution in [1.82, 2.24) is 19.6 Å². The zero-order valence-corrected chi connectivity index (χ0v) is 10.7. The first-order chi connectivity index (χ1) is 7.99. The predicted molar refractivity (Wildman–Crippen MR) is 64.8 cm³/mol. The third-order valence-electron chi connectivity index (χ3n) is 2.34. The van der Waals surface area contributed by atoms with Gasteiger partial charge in [-0.2, -0.15) is 0 Å².